The fourth-order valence-corrected chi connectivity index (χ4v) is 2.40. The number of hydrogen-bond acceptors (Lipinski definition) is 3. The Bertz CT molecular complexity index is 640. The lowest BCUT2D eigenvalue weighted by Crippen LogP contribution is -2.14. The molecule has 2 aromatic carbocycles. The van der Waals surface area contributed by atoms with E-state index in [9.17, 15) is 0 Å². The molecule has 0 aromatic heterocycles. The second-order valence-corrected chi connectivity index (χ2v) is 4.50. The number of anilines is 2. The van der Waals surface area contributed by atoms with E-state index in [0.717, 1.165) is 24.5 Å². The summed E-state index contributed by atoms with van der Waals surface area (Å²) in [6.07, 6.45) is 0. The summed E-state index contributed by atoms with van der Waals surface area (Å²) in [6, 6.07) is 15.9. The van der Waals surface area contributed by atoms with Crippen molar-refractivity contribution in [2.75, 3.05) is 10.6 Å². The second-order valence-electron chi connectivity index (χ2n) is 4.50. The van der Waals surface area contributed by atoms with Gasteiger partial charge in [0.05, 0.1) is 11.6 Å². The van der Waals surface area contributed by atoms with Crippen molar-refractivity contribution >= 4 is 11.4 Å². The van der Waals surface area contributed by atoms with E-state index in [4.69, 9.17) is 11.0 Å². The highest BCUT2D eigenvalue weighted by molar-refractivity contribution is 5.60. The van der Waals surface area contributed by atoms with Gasteiger partial charge in [-0.2, -0.15) is 5.26 Å². The van der Waals surface area contributed by atoms with Crippen LogP contribution in [0.25, 0.3) is 0 Å². The number of nitrogen functional groups attached to an aromatic ring is 1. The van der Waals surface area contributed by atoms with E-state index in [2.05, 4.69) is 17.0 Å². The Labute approximate surface area is 106 Å². The van der Waals surface area contributed by atoms with Crippen LogP contribution in [-0.2, 0) is 13.1 Å². The van der Waals surface area contributed by atoms with Gasteiger partial charge in [-0.25, -0.2) is 0 Å². The average Bonchev–Trinajstić information content (AvgIpc) is 2.84. The number of hydrogen-bond donors (Lipinski definition) is 1. The third-order valence-electron chi connectivity index (χ3n) is 3.36. The van der Waals surface area contributed by atoms with Crippen LogP contribution in [0.5, 0.6) is 0 Å². The molecule has 0 radical (unpaired) electrons. The first-order valence-corrected chi connectivity index (χ1v) is 5.89. The zero-order valence-corrected chi connectivity index (χ0v) is 9.93. The maximum atomic E-state index is 8.93. The molecule has 1 heterocycles. The molecule has 3 rings (SSSR count). The van der Waals surface area contributed by atoms with Crippen LogP contribution < -0.4 is 10.6 Å². The lowest BCUT2D eigenvalue weighted by molar-refractivity contribution is 0.881. The van der Waals surface area contributed by atoms with Crippen LogP contribution in [0.3, 0.4) is 0 Å². The zero-order chi connectivity index (χ0) is 12.5. The van der Waals surface area contributed by atoms with Crippen molar-refractivity contribution < 1.29 is 0 Å². The second kappa shape index (κ2) is 4.08. The molecule has 2 aromatic rings. The highest BCUT2D eigenvalue weighted by Crippen LogP contribution is 2.31. The average molecular weight is 235 g/mol. The normalized spacial score (nSPS) is 13.2. The Hall–Kier alpha value is -2.47. The van der Waals surface area contributed by atoms with E-state index in [1.54, 1.807) is 0 Å². The summed E-state index contributed by atoms with van der Waals surface area (Å²) in [5.74, 6) is 0. The van der Waals surface area contributed by atoms with E-state index in [1.165, 1.54) is 11.1 Å². The Morgan fingerprint density at radius 1 is 1.11 bits per heavy atom. The molecule has 3 nitrogen and oxygen atoms in total. The van der Waals surface area contributed by atoms with E-state index in [1.807, 2.05) is 36.4 Å². The van der Waals surface area contributed by atoms with Gasteiger partial charge in [0.15, 0.2) is 0 Å². The fraction of sp³-hybridized carbons (Fsp3) is 0.133. The molecule has 1 aliphatic heterocycles. The van der Waals surface area contributed by atoms with E-state index >= 15 is 0 Å². The molecule has 88 valence electrons. The van der Waals surface area contributed by atoms with Crippen molar-refractivity contribution in [3.8, 4) is 6.07 Å². The molecule has 1 aliphatic rings. The maximum absolute atomic E-state index is 8.93. The number of nitrogens with zero attached hydrogens (tertiary/aromatic N) is 2. The van der Waals surface area contributed by atoms with Gasteiger partial charge in [-0.3, -0.25) is 0 Å². The zero-order valence-electron chi connectivity index (χ0n) is 9.93. The lowest BCUT2D eigenvalue weighted by Gasteiger charge is -2.17. The van der Waals surface area contributed by atoms with E-state index in [-0.39, 0.29) is 0 Å². The first-order valence-electron chi connectivity index (χ1n) is 5.89. The summed E-state index contributed by atoms with van der Waals surface area (Å²) in [4.78, 5) is 2.24. The Morgan fingerprint density at radius 2 is 1.94 bits per heavy atom. The Morgan fingerprint density at radius 3 is 2.72 bits per heavy atom. The lowest BCUT2D eigenvalue weighted by atomic mass is 10.1. The van der Waals surface area contributed by atoms with Crippen molar-refractivity contribution in [3.63, 3.8) is 0 Å². The first-order chi connectivity index (χ1) is 8.78. The van der Waals surface area contributed by atoms with Gasteiger partial charge in [0.25, 0.3) is 0 Å². The summed E-state index contributed by atoms with van der Waals surface area (Å²) < 4.78 is 0. The number of fused-ring (bicyclic) bond motifs is 1. The van der Waals surface area contributed by atoms with Crippen LogP contribution in [0, 0.1) is 11.3 Å². The first kappa shape index (κ1) is 10.7. The molecule has 3 heteroatoms. The number of nitriles is 1. The van der Waals surface area contributed by atoms with Crippen LogP contribution in [0.4, 0.5) is 11.4 Å². The number of nitrogens with two attached hydrogens (primary N) is 1. The third kappa shape index (κ3) is 1.68. The van der Waals surface area contributed by atoms with Gasteiger partial charge < -0.3 is 10.6 Å². The SMILES string of the molecule is N#Cc1cccc(N2Cc3cccc(N)c3C2)c1. The van der Waals surface area contributed by atoms with Gasteiger partial charge in [-0.05, 0) is 35.4 Å². The highest BCUT2D eigenvalue weighted by Gasteiger charge is 2.20. The molecule has 0 saturated heterocycles. The van der Waals surface area contributed by atoms with Crippen LogP contribution in [-0.4, -0.2) is 0 Å². The van der Waals surface area contributed by atoms with Crippen LogP contribution in [0.1, 0.15) is 16.7 Å². The number of rotatable bonds is 1. The molecule has 0 amide bonds. The standard InChI is InChI=1S/C15H13N3/c16-8-11-3-1-5-13(7-11)18-9-12-4-2-6-15(17)14(12)10-18/h1-7H,9-10,17H2. The van der Waals surface area contributed by atoms with Gasteiger partial charge >= 0.3 is 0 Å². The summed E-state index contributed by atoms with van der Waals surface area (Å²) in [5.41, 5.74) is 11.1. The van der Waals surface area contributed by atoms with Crippen molar-refractivity contribution in [1.29, 1.82) is 5.26 Å². The summed E-state index contributed by atoms with van der Waals surface area (Å²) in [7, 11) is 0. The molecule has 0 atom stereocenters. The highest BCUT2D eigenvalue weighted by atomic mass is 15.1. The van der Waals surface area contributed by atoms with Crippen LogP contribution >= 0.6 is 0 Å². The van der Waals surface area contributed by atoms with Gasteiger partial charge in [-0.15, -0.1) is 0 Å². The minimum atomic E-state index is 0.691. The largest absolute Gasteiger partial charge is 0.398 e. The predicted octanol–water partition coefficient (Wildman–Crippen LogP) is 2.66. The Balaban J connectivity index is 1.94. The predicted molar refractivity (Wildman–Crippen MR) is 71.9 cm³/mol. The smallest absolute Gasteiger partial charge is 0.0992 e. The molecule has 18 heavy (non-hydrogen) atoms. The molecule has 0 bridgehead atoms. The summed E-state index contributed by atoms with van der Waals surface area (Å²) >= 11 is 0. The summed E-state index contributed by atoms with van der Waals surface area (Å²) in [5, 5.41) is 8.93. The van der Waals surface area contributed by atoms with Crippen LogP contribution in [0.2, 0.25) is 0 Å². The van der Waals surface area contributed by atoms with E-state index < -0.39 is 0 Å². The molecular weight excluding hydrogens is 222 g/mol. The monoisotopic (exact) mass is 235 g/mol. The third-order valence-corrected chi connectivity index (χ3v) is 3.36. The molecule has 0 saturated carbocycles. The van der Waals surface area contributed by atoms with Gasteiger partial charge in [0, 0.05) is 24.5 Å². The topological polar surface area (TPSA) is 53.0 Å². The molecule has 0 aliphatic carbocycles. The molecule has 0 spiro atoms. The minimum absolute atomic E-state index is 0.691. The number of benzene rings is 2. The van der Waals surface area contributed by atoms with Crippen molar-refractivity contribution in [3.05, 3.63) is 59.2 Å². The van der Waals surface area contributed by atoms with Crippen LogP contribution in [0.15, 0.2) is 42.5 Å². The van der Waals surface area contributed by atoms with Crippen molar-refractivity contribution in [1.82, 2.24) is 0 Å². The van der Waals surface area contributed by atoms with Gasteiger partial charge in [0.2, 0.25) is 0 Å². The molecule has 0 unspecified atom stereocenters. The van der Waals surface area contributed by atoms with Gasteiger partial charge in [-0.1, -0.05) is 18.2 Å². The molecular formula is C15H13N3. The quantitative estimate of drug-likeness (QED) is 0.773. The summed E-state index contributed by atoms with van der Waals surface area (Å²) in [6.45, 7) is 1.67. The Kier molecular flexibility index (Phi) is 2.42. The minimum Gasteiger partial charge on any atom is -0.398 e. The van der Waals surface area contributed by atoms with Crippen molar-refractivity contribution in [2.45, 2.75) is 13.1 Å². The maximum Gasteiger partial charge on any atom is 0.0992 e. The fourth-order valence-electron chi connectivity index (χ4n) is 2.40. The molecule has 2 N–H and O–H groups in total. The molecule has 0 fully saturated rings. The van der Waals surface area contributed by atoms with Crippen molar-refractivity contribution in [2.24, 2.45) is 0 Å². The van der Waals surface area contributed by atoms with Gasteiger partial charge in [0.1, 0.15) is 0 Å². The van der Waals surface area contributed by atoms with E-state index in [0.29, 0.717) is 5.56 Å².